The van der Waals surface area contributed by atoms with Gasteiger partial charge in [0.25, 0.3) is 0 Å². The summed E-state index contributed by atoms with van der Waals surface area (Å²) in [6, 6.07) is 18.3. The number of rotatable bonds is 5. The van der Waals surface area contributed by atoms with Crippen molar-refractivity contribution < 1.29 is 14.6 Å². The Labute approximate surface area is 131 Å². The average Bonchev–Trinajstić information content (AvgIpc) is 2.99. The van der Waals surface area contributed by atoms with Gasteiger partial charge in [-0.25, -0.2) is 0 Å². The summed E-state index contributed by atoms with van der Waals surface area (Å²) in [6.45, 7) is 0.844. The minimum Gasteiger partial charge on any atom is -0.497 e. The van der Waals surface area contributed by atoms with Crippen molar-refractivity contribution in [3.05, 3.63) is 65.7 Å². The van der Waals surface area contributed by atoms with Crippen LogP contribution in [0.4, 0.5) is 0 Å². The van der Waals surface area contributed by atoms with Crippen LogP contribution in [0.5, 0.6) is 5.75 Å². The molecule has 0 bridgehead atoms. The molecule has 0 aliphatic carbocycles. The van der Waals surface area contributed by atoms with E-state index in [2.05, 4.69) is 24.3 Å². The van der Waals surface area contributed by atoms with Crippen molar-refractivity contribution in [3.8, 4) is 5.75 Å². The Bertz CT molecular complexity index is 579. The van der Waals surface area contributed by atoms with Gasteiger partial charge in [0.2, 0.25) is 0 Å². The van der Waals surface area contributed by atoms with Gasteiger partial charge in [0.05, 0.1) is 19.8 Å². The largest absolute Gasteiger partial charge is 0.497 e. The topological polar surface area (TPSA) is 38.7 Å². The highest BCUT2D eigenvalue weighted by molar-refractivity contribution is 5.28. The molecule has 3 rings (SSSR count). The highest BCUT2D eigenvalue weighted by atomic mass is 16.5. The molecule has 1 heterocycles. The van der Waals surface area contributed by atoms with Crippen molar-refractivity contribution in [2.75, 3.05) is 20.3 Å². The lowest BCUT2D eigenvalue weighted by Crippen LogP contribution is -2.21. The van der Waals surface area contributed by atoms with Crippen molar-refractivity contribution in [1.29, 1.82) is 0 Å². The Balaban J connectivity index is 1.71. The average molecular weight is 298 g/mol. The highest BCUT2D eigenvalue weighted by Crippen LogP contribution is 2.39. The molecule has 116 valence electrons. The summed E-state index contributed by atoms with van der Waals surface area (Å²) in [5.74, 6) is 1.35. The minimum atomic E-state index is -0.00514. The number of aliphatic hydroxyl groups excluding tert-OH is 1. The Morgan fingerprint density at radius 3 is 2.45 bits per heavy atom. The molecule has 3 heteroatoms. The number of benzene rings is 2. The molecule has 1 fully saturated rings. The van der Waals surface area contributed by atoms with Crippen LogP contribution in [-0.2, 0) is 11.2 Å². The van der Waals surface area contributed by atoms with E-state index in [1.807, 2.05) is 30.3 Å². The standard InChI is InChI=1S/C19H22O3/c1-21-17-9-7-14(8-10-17)11-16-13-22-19(18(16)12-20)15-5-3-2-4-6-15/h2-10,16,18-20H,11-13H2,1H3/t16-,18-,19?/m0/s1. The molecule has 2 aromatic rings. The van der Waals surface area contributed by atoms with E-state index in [-0.39, 0.29) is 18.6 Å². The van der Waals surface area contributed by atoms with Crippen LogP contribution < -0.4 is 4.74 Å². The van der Waals surface area contributed by atoms with Crippen LogP contribution in [0.1, 0.15) is 17.2 Å². The first-order valence-corrected chi connectivity index (χ1v) is 7.72. The maximum Gasteiger partial charge on any atom is 0.118 e. The second kappa shape index (κ2) is 6.95. The summed E-state index contributed by atoms with van der Waals surface area (Å²) in [6.07, 6.45) is 0.910. The Kier molecular flexibility index (Phi) is 4.76. The molecule has 0 aromatic heterocycles. The van der Waals surface area contributed by atoms with Crippen LogP contribution >= 0.6 is 0 Å². The van der Waals surface area contributed by atoms with Gasteiger partial charge in [-0.15, -0.1) is 0 Å². The smallest absolute Gasteiger partial charge is 0.118 e. The molecular weight excluding hydrogens is 276 g/mol. The number of ether oxygens (including phenoxy) is 2. The third-order valence-electron chi connectivity index (χ3n) is 4.48. The van der Waals surface area contributed by atoms with Crippen molar-refractivity contribution >= 4 is 0 Å². The van der Waals surface area contributed by atoms with E-state index in [9.17, 15) is 5.11 Å². The summed E-state index contributed by atoms with van der Waals surface area (Å²) in [4.78, 5) is 0. The van der Waals surface area contributed by atoms with Crippen LogP contribution in [-0.4, -0.2) is 25.4 Å². The molecule has 1 saturated heterocycles. The zero-order valence-electron chi connectivity index (χ0n) is 12.8. The van der Waals surface area contributed by atoms with E-state index in [4.69, 9.17) is 9.47 Å². The third-order valence-corrected chi connectivity index (χ3v) is 4.48. The molecular formula is C19H22O3. The Morgan fingerprint density at radius 1 is 1.09 bits per heavy atom. The highest BCUT2D eigenvalue weighted by Gasteiger charge is 2.37. The van der Waals surface area contributed by atoms with Crippen LogP contribution in [0.3, 0.4) is 0 Å². The Morgan fingerprint density at radius 2 is 1.82 bits per heavy atom. The van der Waals surface area contributed by atoms with E-state index in [0.717, 1.165) is 17.7 Å². The third kappa shape index (κ3) is 3.16. The molecule has 0 radical (unpaired) electrons. The fourth-order valence-corrected chi connectivity index (χ4v) is 3.23. The molecule has 3 atom stereocenters. The van der Waals surface area contributed by atoms with Crippen LogP contribution in [0.2, 0.25) is 0 Å². The lowest BCUT2D eigenvalue weighted by atomic mass is 9.84. The maximum absolute atomic E-state index is 9.83. The first kappa shape index (κ1) is 15.1. The molecule has 2 aromatic carbocycles. The second-order valence-corrected chi connectivity index (χ2v) is 5.82. The van der Waals surface area contributed by atoms with E-state index in [1.165, 1.54) is 5.56 Å². The van der Waals surface area contributed by atoms with E-state index >= 15 is 0 Å². The molecule has 22 heavy (non-hydrogen) atoms. The SMILES string of the molecule is COc1ccc(C[C@H]2COC(c3ccccc3)[C@H]2CO)cc1. The zero-order chi connectivity index (χ0) is 15.4. The molecule has 0 amide bonds. The number of aliphatic hydroxyl groups is 1. The van der Waals surface area contributed by atoms with Crippen LogP contribution in [0.15, 0.2) is 54.6 Å². The van der Waals surface area contributed by atoms with Gasteiger partial charge < -0.3 is 14.6 Å². The van der Waals surface area contributed by atoms with E-state index < -0.39 is 0 Å². The predicted octanol–water partition coefficient (Wildman–Crippen LogP) is 3.23. The van der Waals surface area contributed by atoms with Crippen molar-refractivity contribution in [3.63, 3.8) is 0 Å². The van der Waals surface area contributed by atoms with Gasteiger partial charge in [-0.05, 0) is 35.6 Å². The van der Waals surface area contributed by atoms with Crippen LogP contribution in [0, 0.1) is 11.8 Å². The lowest BCUT2D eigenvalue weighted by Gasteiger charge is -2.21. The fourth-order valence-electron chi connectivity index (χ4n) is 3.23. The second-order valence-electron chi connectivity index (χ2n) is 5.82. The molecule has 1 aliphatic heterocycles. The van der Waals surface area contributed by atoms with E-state index in [0.29, 0.717) is 12.5 Å². The van der Waals surface area contributed by atoms with Gasteiger partial charge >= 0.3 is 0 Å². The quantitative estimate of drug-likeness (QED) is 0.921. The van der Waals surface area contributed by atoms with E-state index in [1.54, 1.807) is 7.11 Å². The summed E-state index contributed by atoms with van der Waals surface area (Å²) in [7, 11) is 1.67. The molecule has 0 spiro atoms. The van der Waals surface area contributed by atoms with Crippen molar-refractivity contribution in [1.82, 2.24) is 0 Å². The summed E-state index contributed by atoms with van der Waals surface area (Å²) in [5.41, 5.74) is 2.40. The van der Waals surface area contributed by atoms with Gasteiger partial charge in [-0.2, -0.15) is 0 Å². The number of hydrogen-bond acceptors (Lipinski definition) is 3. The Hall–Kier alpha value is -1.84. The first-order valence-electron chi connectivity index (χ1n) is 7.72. The fraction of sp³-hybridized carbons (Fsp3) is 0.368. The van der Waals surface area contributed by atoms with Crippen LogP contribution in [0.25, 0.3) is 0 Å². The van der Waals surface area contributed by atoms with Gasteiger partial charge in [-0.3, -0.25) is 0 Å². The minimum absolute atomic E-state index is 0.00514. The molecule has 1 unspecified atom stereocenters. The van der Waals surface area contributed by atoms with Gasteiger partial charge in [0.1, 0.15) is 5.75 Å². The number of methoxy groups -OCH3 is 1. The molecule has 1 N–H and O–H groups in total. The molecule has 1 aliphatic rings. The monoisotopic (exact) mass is 298 g/mol. The van der Waals surface area contributed by atoms with Crippen molar-refractivity contribution in [2.45, 2.75) is 12.5 Å². The zero-order valence-corrected chi connectivity index (χ0v) is 12.8. The molecule has 0 saturated carbocycles. The summed E-state index contributed by atoms with van der Waals surface area (Å²) >= 11 is 0. The predicted molar refractivity (Wildman–Crippen MR) is 85.9 cm³/mol. The van der Waals surface area contributed by atoms with Gasteiger partial charge in [0, 0.05) is 12.5 Å². The van der Waals surface area contributed by atoms with Gasteiger partial charge in [-0.1, -0.05) is 42.5 Å². The lowest BCUT2D eigenvalue weighted by molar-refractivity contribution is 0.0719. The van der Waals surface area contributed by atoms with Gasteiger partial charge in [0.15, 0.2) is 0 Å². The summed E-state index contributed by atoms with van der Waals surface area (Å²) in [5, 5.41) is 9.83. The normalized spacial score (nSPS) is 24.4. The summed E-state index contributed by atoms with van der Waals surface area (Å²) < 4.78 is 11.2. The maximum atomic E-state index is 9.83. The van der Waals surface area contributed by atoms with Crippen molar-refractivity contribution in [2.24, 2.45) is 11.8 Å². The molecule has 3 nitrogen and oxygen atoms in total. The number of hydrogen-bond donors (Lipinski definition) is 1. The first-order chi connectivity index (χ1) is 10.8.